The van der Waals surface area contributed by atoms with Crippen molar-refractivity contribution in [3.63, 3.8) is 0 Å². The second-order valence-corrected chi connectivity index (χ2v) is 7.64. The fourth-order valence-corrected chi connectivity index (χ4v) is 3.14. The molecule has 1 amide bonds. The zero-order chi connectivity index (χ0) is 18.9. The van der Waals surface area contributed by atoms with Crippen LogP contribution in [0.15, 0.2) is 42.5 Å². The van der Waals surface area contributed by atoms with Gasteiger partial charge in [0.1, 0.15) is 0 Å². The summed E-state index contributed by atoms with van der Waals surface area (Å²) < 4.78 is 25.9. The molecule has 0 unspecified atom stereocenters. The van der Waals surface area contributed by atoms with Crippen molar-refractivity contribution in [2.75, 3.05) is 15.8 Å². The maximum atomic E-state index is 12.2. The molecule has 1 heterocycles. The summed E-state index contributed by atoms with van der Waals surface area (Å²) in [7, 11) is -3.43. The molecule has 8 nitrogen and oxygen atoms in total. The molecule has 0 saturated carbocycles. The van der Waals surface area contributed by atoms with Gasteiger partial charge in [0.15, 0.2) is 0 Å². The van der Waals surface area contributed by atoms with E-state index in [9.17, 15) is 23.3 Å². The normalized spacial score (nSPS) is 14.8. The molecular weight excluding hydrogens is 358 g/mol. The predicted octanol–water partition coefficient (Wildman–Crippen LogP) is 2.85. The second kappa shape index (κ2) is 6.60. The molecule has 9 heteroatoms. The second-order valence-electron chi connectivity index (χ2n) is 5.63. The van der Waals surface area contributed by atoms with Crippen LogP contribution in [0.2, 0.25) is 0 Å². The molecule has 134 valence electrons. The van der Waals surface area contributed by atoms with Gasteiger partial charge in [0, 0.05) is 34.6 Å². The zero-order valence-corrected chi connectivity index (χ0v) is 14.5. The summed E-state index contributed by atoms with van der Waals surface area (Å²) >= 11 is 0. The van der Waals surface area contributed by atoms with Gasteiger partial charge in [0.05, 0.1) is 10.7 Å². The number of amides is 1. The highest BCUT2D eigenvalue weighted by atomic mass is 32.2. The minimum Gasteiger partial charge on any atom is -0.321 e. The topological polar surface area (TPSA) is 118 Å². The summed E-state index contributed by atoms with van der Waals surface area (Å²) in [6, 6.07) is 10.6. The first-order chi connectivity index (χ1) is 12.3. The smallest absolute Gasteiger partial charge is 0.269 e. The van der Waals surface area contributed by atoms with Crippen LogP contribution in [0, 0.1) is 10.1 Å². The van der Waals surface area contributed by atoms with Gasteiger partial charge in [-0.25, -0.2) is 8.42 Å². The third-order valence-electron chi connectivity index (χ3n) is 3.87. The molecule has 0 fully saturated rings. The number of sulfonamides is 1. The van der Waals surface area contributed by atoms with E-state index in [0.717, 1.165) is 0 Å². The van der Waals surface area contributed by atoms with Crippen molar-refractivity contribution >= 4 is 44.6 Å². The molecule has 0 atom stereocenters. The largest absolute Gasteiger partial charge is 0.321 e. The number of benzene rings is 2. The number of nitrogens with one attached hydrogen (secondary N) is 2. The maximum absolute atomic E-state index is 12.2. The Balaban J connectivity index is 1.98. The molecule has 3 rings (SSSR count). The van der Waals surface area contributed by atoms with E-state index in [-0.39, 0.29) is 17.3 Å². The van der Waals surface area contributed by atoms with Crippen LogP contribution in [-0.4, -0.2) is 25.0 Å². The van der Waals surface area contributed by atoms with Crippen LogP contribution in [0.4, 0.5) is 17.1 Å². The number of anilines is 2. The van der Waals surface area contributed by atoms with E-state index in [1.165, 1.54) is 19.1 Å². The highest BCUT2D eigenvalue weighted by Crippen LogP contribution is 2.35. The van der Waals surface area contributed by atoms with Crippen molar-refractivity contribution in [3.8, 4) is 0 Å². The Bertz CT molecular complexity index is 1030. The van der Waals surface area contributed by atoms with Crippen molar-refractivity contribution in [1.82, 2.24) is 0 Å². The first-order valence-corrected chi connectivity index (χ1v) is 9.37. The summed E-state index contributed by atoms with van der Waals surface area (Å²) in [5.41, 5.74) is 2.42. The molecule has 2 N–H and O–H groups in total. The molecule has 1 aliphatic heterocycles. The van der Waals surface area contributed by atoms with Crippen LogP contribution >= 0.6 is 0 Å². The van der Waals surface area contributed by atoms with Crippen LogP contribution in [0.1, 0.15) is 18.1 Å². The van der Waals surface area contributed by atoms with Crippen LogP contribution in [0.5, 0.6) is 0 Å². The number of carbonyl (C=O) groups is 1. The van der Waals surface area contributed by atoms with Gasteiger partial charge in [-0.15, -0.1) is 0 Å². The van der Waals surface area contributed by atoms with Gasteiger partial charge in [-0.05, 0) is 48.9 Å². The summed E-state index contributed by atoms with van der Waals surface area (Å²) in [5.74, 6) is -0.388. The van der Waals surface area contributed by atoms with Gasteiger partial charge in [0.25, 0.3) is 11.6 Å². The van der Waals surface area contributed by atoms with Gasteiger partial charge < -0.3 is 5.32 Å². The summed E-state index contributed by atoms with van der Waals surface area (Å²) in [6.07, 6.45) is 1.60. The Morgan fingerprint density at radius 1 is 1.19 bits per heavy atom. The van der Waals surface area contributed by atoms with Gasteiger partial charge in [-0.2, -0.15) is 0 Å². The third-order valence-corrected chi connectivity index (χ3v) is 5.18. The van der Waals surface area contributed by atoms with E-state index in [0.29, 0.717) is 28.1 Å². The fraction of sp³-hybridized carbons (Fsp3) is 0.118. The van der Waals surface area contributed by atoms with Crippen molar-refractivity contribution in [2.24, 2.45) is 0 Å². The first-order valence-electron chi connectivity index (χ1n) is 7.71. The predicted molar refractivity (Wildman–Crippen MR) is 99.1 cm³/mol. The van der Waals surface area contributed by atoms with Crippen LogP contribution in [0.25, 0.3) is 11.6 Å². The van der Waals surface area contributed by atoms with Crippen LogP contribution < -0.4 is 10.0 Å². The summed E-state index contributed by atoms with van der Waals surface area (Å²) in [4.78, 5) is 22.5. The number of nitro benzene ring substituents is 1. The van der Waals surface area contributed by atoms with E-state index in [2.05, 4.69) is 10.0 Å². The zero-order valence-electron chi connectivity index (χ0n) is 13.7. The van der Waals surface area contributed by atoms with Crippen LogP contribution in [0.3, 0.4) is 0 Å². The number of nitrogens with zero attached hydrogens (tertiary/aromatic N) is 1. The minimum atomic E-state index is -3.43. The molecule has 26 heavy (non-hydrogen) atoms. The SMILES string of the molecule is CCS(=O)(=O)Nc1ccc2c(c1)C(=Cc1ccc([N+](=O)[O-])cc1)C(=O)N2. The molecule has 0 saturated heterocycles. The molecule has 0 aliphatic carbocycles. The molecule has 1 aliphatic rings. The number of rotatable bonds is 5. The Hall–Kier alpha value is -3.20. The monoisotopic (exact) mass is 373 g/mol. The third kappa shape index (κ3) is 3.57. The van der Waals surface area contributed by atoms with E-state index >= 15 is 0 Å². The lowest BCUT2D eigenvalue weighted by Gasteiger charge is -2.07. The average Bonchev–Trinajstić information content (AvgIpc) is 2.90. The summed E-state index contributed by atoms with van der Waals surface area (Å²) in [6.45, 7) is 1.53. The fourth-order valence-electron chi connectivity index (χ4n) is 2.51. The summed E-state index contributed by atoms with van der Waals surface area (Å²) in [5, 5.41) is 13.4. The lowest BCUT2D eigenvalue weighted by molar-refractivity contribution is -0.384. The van der Waals surface area contributed by atoms with Gasteiger partial charge in [0.2, 0.25) is 10.0 Å². The van der Waals surface area contributed by atoms with E-state index in [1.54, 1.807) is 36.4 Å². The Morgan fingerprint density at radius 3 is 2.50 bits per heavy atom. The van der Waals surface area contributed by atoms with Crippen molar-refractivity contribution in [1.29, 1.82) is 0 Å². The van der Waals surface area contributed by atoms with Crippen molar-refractivity contribution < 1.29 is 18.1 Å². The first kappa shape index (κ1) is 17.6. The molecule has 2 aromatic rings. The molecule has 0 spiro atoms. The number of fused-ring (bicyclic) bond motifs is 1. The van der Waals surface area contributed by atoms with Crippen LogP contribution in [-0.2, 0) is 14.8 Å². The average molecular weight is 373 g/mol. The Labute approximate surface area is 149 Å². The molecule has 0 bridgehead atoms. The van der Waals surface area contributed by atoms with Crippen molar-refractivity contribution in [2.45, 2.75) is 6.92 Å². The molecule has 2 aromatic carbocycles. The molecule has 0 aromatic heterocycles. The number of hydrogen-bond donors (Lipinski definition) is 2. The van der Waals surface area contributed by atoms with Gasteiger partial charge in [-0.3, -0.25) is 19.6 Å². The number of non-ortho nitro benzene ring substituents is 1. The van der Waals surface area contributed by atoms with E-state index in [4.69, 9.17) is 0 Å². The van der Waals surface area contributed by atoms with E-state index < -0.39 is 14.9 Å². The standard InChI is InChI=1S/C17H15N3O5S/c1-2-26(24,25)19-12-5-8-16-14(10-12)15(17(21)18-16)9-11-3-6-13(7-4-11)20(22)23/h3-10,19H,2H2,1H3,(H,18,21). The minimum absolute atomic E-state index is 0.0420. The number of carbonyl (C=O) groups excluding carboxylic acids is 1. The highest BCUT2D eigenvalue weighted by Gasteiger charge is 2.25. The number of hydrogen-bond acceptors (Lipinski definition) is 5. The lowest BCUT2D eigenvalue weighted by atomic mass is 10.0. The van der Waals surface area contributed by atoms with Crippen molar-refractivity contribution in [3.05, 3.63) is 63.7 Å². The lowest BCUT2D eigenvalue weighted by Crippen LogP contribution is -2.14. The molecule has 0 radical (unpaired) electrons. The maximum Gasteiger partial charge on any atom is 0.269 e. The quantitative estimate of drug-likeness (QED) is 0.475. The van der Waals surface area contributed by atoms with E-state index in [1.807, 2.05) is 0 Å². The Morgan fingerprint density at radius 2 is 1.88 bits per heavy atom. The highest BCUT2D eigenvalue weighted by molar-refractivity contribution is 7.92. The van der Waals surface area contributed by atoms with Gasteiger partial charge in [-0.1, -0.05) is 0 Å². The molecular formula is C17H15N3O5S. The number of nitro groups is 1. The van der Waals surface area contributed by atoms with Gasteiger partial charge >= 0.3 is 0 Å². The Kier molecular flexibility index (Phi) is 4.47.